The minimum absolute atomic E-state index is 0.335. The van der Waals surface area contributed by atoms with Gasteiger partial charge in [0.05, 0.1) is 38.0 Å². The van der Waals surface area contributed by atoms with E-state index in [0.29, 0.717) is 42.4 Å². The molecule has 152 valence electrons. The van der Waals surface area contributed by atoms with Gasteiger partial charge in [0.25, 0.3) is 5.91 Å². The third-order valence-corrected chi connectivity index (χ3v) is 5.64. The Morgan fingerprint density at radius 2 is 1.86 bits per heavy atom. The van der Waals surface area contributed by atoms with Crippen molar-refractivity contribution in [3.8, 4) is 5.75 Å². The van der Waals surface area contributed by atoms with Gasteiger partial charge >= 0.3 is 0 Å². The molecule has 2 aromatic rings. The average Bonchev–Trinajstić information content (AvgIpc) is 2.96. The second-order valence-corrected chi connectivity index (χ2v) is 7.43. The van der Waals surface area contributed by atoms with Gasteiger partial charge in [0.15, 0.2) is 18.1 Å². The number of methoxy groups -OCH3 is 1. The quantitative estimate of drug-likeness (QED) is 0.689. The van der Waals surface area contributed by atoms with E-state index in [0.717, 1.165) is 13.1 Å². The molecule has 0 aliphatic carbocycles. The first kappa shape index (κ1) is 19.6. The summed E-state index contributed by atoms with van der Waals surface area (Å²) in [6.45, 7) is 3.32. The van der Waals surface area contributed by atoms with Gasteiger partial charge < -0.3 is 19.5 Å². The summed E-state index contributed by atoms with van der Waals surface area (Å²) in [4.78, 5) is 29.1. The van der Waals surface area contributed by atoms with E-state index in [1.54, 1.807) is 41.3 Å². The van der Waals surface area contributed by atoms with Crippen LogP contribution in [0.4, 0.5) is 5.69 Å². The van der Waals surface area contributed by atoms with Crippen LogP contribution in [0.3, 0.4) is 0 Å². The minimum atomic E-state index is -1.89. The average molecular weight is 397 g/mol. The second-order valence-electron chi connectivity index (χ2n) is 7.43. The molecule has 0 unspecified atom stereocenters. The highest BCUT2D eigenvalue weighted by Gasteiger charge is 2.52. The van der Waals surface area contributed by atoms with Gasteiger partial charge in [-0.1, -0.05) is 30.3 Å². The molecule has 2 aliphatic heterocycles. The molecule has 7 heteroatoms. The number of anilines is 1. The Morgan fingerprint density at radius 3 is 2.62 bits per heavy atom. The first-order chi connectivity index (χ1) is 14.0. The number of ketones is 1. The molecule has 7 nitrogen and oxygen atoms in total. The van der Waals surface area contributed by atoms with Crippen LogP contribution in [0, 0.1) is 0 Å². The number of carbonyl (C=O) groups is 2. The van der Waals surface area contributed by atoms with Crippen LogP contribution >= 0.6 is 0 Å². The van der Waals surface area contributed by atoms with Crippen molar-refractivity contribution in [1.29, 1.82) is 0 Å². The first-order valence-electron chi connectivity index (χ1n) is 9.76. The lowest BCUT2D eigenvalue weighted by molar-refractivity contribution is -0.906. The standard InChI is InChI=1S/C22H24N2O5/c1-28-20-9-5-2-6-16(20)19(25)14-22(27)17-7-3-4-8-18(17)24(21(22)26)15-23-10-12-29-13-11-23/h2-9,27H,10-15H2,1H3/p+1/t22-/m1/s1. The van der Waals surface area contributed by atoms with Gasteiger partial charge in [-0.3, -0.25) is 14.5 Å². The molecule has 0 bridgehead atoms. The van der Waals surface area contributed by atoms with Gasteiger partial charge in [-0.05, 0) is 18.2 Å². The Kier molecular flexibility index (Phi) is 5.36. The van der Waals surface area contributed by atoms with Gasteiger partial charge in [-0.15, -0.1) is 0 Å². The zero-order valence-corrected chi connectivity index (χ0v) is 16.4. The molecule has 29 heavy (non-hydrogen) atoms. The molecule has 1 amide bonds. The Hall–Kier alpha value is -2.74. The van der Waals surface area contributed by atoms with Gasteiger partial charge in [0, 0.05) is 5.56 Å². The van der Waals surface area contributed by atoms with Crippen molar-refractivity contribution in [2.45, 2.75) is 12.0 Å². The van der Waals surface area contributed by atoms with Crippen LogP contribution in [0.5, 0.6) is 5.75 Å². The number of nitrogens with zero attached hydrogens (tertiary/aromatic N) is 1. The number of ether oxygens (including phenoxy) is 2. The zero-order valence-electron chi connectivity index (χ0n) is 16.4. The van der Waals surface area contributed by atoms with Crippen LogP contribution in [0.2, 0.25) is 0 Å². The van der Waals surface area contributed by atoms with Crippen LogP contribution in [0.25, 0.3) is 0 Å². The zero-order chi connectivity index (χ0) is 20.4. The number of quaternary nitrogens is 1. The van der Waals surface area contributed by atoms with E-state index >= 15 is 0 Å². The van der Waals surface area contributed by atoms with E-state index in [1.807, 2.05) is 12.1 Å². The number of hydrogen-bond acceptors (Lipinski definition) is 5. The van der Waals surface area contributed by atoms with Crippen LogP contribution in [-0.4, -0.2) is 56.9 Å². The summed E-state index contributed by atoms with van der Waals surface area (Å²) in [5, 5.41) is 11.4. The molecular weight excluding hydrogens is 372 g/mol. The molecule has 1 fully saturated rings. The fraction of sp³-hybridized carbons (Fsp3) is 0.364. The predicted octanol–water partition coefficient (Wildman–Crippen LogP) is 0.375. The van der Waals surface area contributed by atoms with E-state index < -0.39 is 11.5 Å². The molecule has 1 atom stereocenters. The number of fused-ring (bicyclic) bond motifs is 1. The number of aliphatic hydroxyl groups is 1. The largest absolute Gasteiger partial charge is 0.496 e. The molecule has 0 spiro atoms. The monoisotopic (exact) mass is 397 g/mol. The van der Waals surface area contributed by atoms with E-state index in [-0.39, 0.29) is 12.2 Å². The van der Waals surface area contributed by atoms with Crippen LogP contribution in [0.1, 0.15) is 22.3 Å². The van der Waals surface area contributed by atoms with Gasteiger partial charge in [0.2, 0.25) is 0 Å². The second kappa shape index (κ2) is 7.94. The fourth-order valence-electron chi connectivity index (χ4n) is 4.08. The maximum absolute atomic E-state index is 13.3. The molecule has 2 heterocycles. The topological polar surface area (TPSA) is 80.5 Å². The minimum Gasteiger partial charge on any atom is -0.496 e. The summed E-state index contributed by atoms with van der Waals surface area (Å²) in [5.41, 5.74) is -0.404. The maximum atomic E-state index is 13.3. The summed E-state index contributed by atoms with van der Waals surface area (Å²) in [5.74, 6) is -0.371. The molecule has 2 aromatic carbocycles. The van der Waals surface area contributed by atoms with Gasteiger partial charge in [0.1, 0.15) is 18.8 Å². The van der Waals surface area contributed by atoms with Crippen LogP contribution in [0.15, 0.2) is 48.5 Å². The highest BCUT2D eigenvalue weighted by molar-refractivity contribution is 6.11. The Labute approximate surface area is 169 Å². The van der Waals surface area contributed by atoms with Crippen molar-refractivity contribution in [1.82, 2.24) is 0 Å². The number of rotatable bonds is 6. The third kappa shape index (κ3) is 3.53. The Balaban J connectivity index is 1.64. The van der Waals surface area contributed by atoms with Gasteiger partial charge in [-0.2, -0.15) is 0 Å². The number of benzene rings is 2. The Morgan fingerprint density at radius 1 is 1.17 bits per heavy atom. The van der Waals surface area contributed by atoms with E-state index in [2.05, 4.69) is 0 Å². The number of carbonyl (C=O) groups excluding carboxylic acids is 2. The molecule has 0 aromatic heterocycles. The van der Waals surface area contributed by atoms with Crippen LogP contribution < -0.4 is 14.5 Å². The van der Waals surface area contributed by atoms with Crippen molar-refractivity contribution < 1.29 is 29.1 Å². The normalized spacial score (nSPS) is 21.9. The van der Waals surface area contributed by atoms with Crippen molar-refractivity contribution in [3.05, 3.63) is 59.7 Å². The molecule has 0 radical (unpaired) electrons. The lowest BCUT2D eigenvalue weighted by atomic mass is 9.88. The molecule has 1 saturated heterocycles. The summed E-state index contributed by atoms with van der Waals surface area (Å²) < 4.78 is 10.7. The maximum Gasteiger partial charge on any atom is 0.268 e. The number of nitrogens with one attached hydrogen (secondary N) is 1. The van der Waals surface area contributed by atoms with E-state index in [9.17, 15) is 14.7 Å². The highest BCUT2D eigenvalue weighted by atomic mass is 16.5. The summed E-state index contributed by atoms with van der Waals surface area (Å²) in [6, 6.07) is 14.0. The summed E-state index contributed by atoms with van der Waals surface area (Å²) in [6.07, 6.45) is -0.335. The van der Waals surface area contributed by atoms with Crippen molar-refractivity contribution >= 4 is 17.4 Å². The SMILES string of the molecule is COc1ccccc1C(=O)C[C@]1(O)C(=O)N(C[NH+]2CCOCC2)c2ccccc21. The van der Waals surface area contributed by atoms with E-state index in [1.165, 1.54) is 12.0 Å². The smallest absolute Gasteiger partial charge is 0.268 e. The lowest BCUT2D eigenvalue weighted by Gasteiger charge is -2.29. The molecule has 0 saturated carbocycles. The number of hydrogen-bond donors (Lipinski definition) is 2. The van der Waals surface area contributed by atoms with Crippen LogP contribution in [-0.2, 0) is 15.1 Å². The molecule has 2 N–H and O–H groups in total. The van der Waals surface area contributed by atoms with Gasteiger partial charge in [-0.25, -0.2) is 0 Å². The van der Waals surface area contributed by atoms with E-state index in [4.69, 9.17) is 9.47 Å². The van der Waals surface area contributed by atoms with Crippen molar-refractivity contribution in [3.63, 3.8) is 0 Å². The summed E-state index contributed by atoms with van der Waals surface area (Å²) >= 11 is 0. The molecule has 2 aliphatic rings. The Bertz CT molecular complexity index is 925. The number of Topliss-reactive ketones (excluding diaryl/α,β-unsaturated/α-hetero) is 1. The fourth-order valence-corrected chi connectivity index (χ4v) is 4.08. The molecular formula is C22H25N2O5+. The lowest BCUT2D eigenvalue weighted by Crippen LogP contribution is -3.15. The highest BCUT2D eigenvalue weighted by Crippen LogP contribution is 2.42. The predicted molar refractivity (Wildman–Crippen MR) is 106 cm³/mol. The number of morpholine rings is 1. The first-order valence-corrected chi connectivity index (χ1v) is 9.76. The van der Waals surface area contributed by atoms with Crippen molar-refractivity contribution in [2.75, 3.05) is 45.0 Å². The third-order valence-electron chi connectivity index (χ3n) is 5.64. The van der Waals surface area contributed by atoms with Crippen molar-refractivity contribution in [2.24, 2.45) is 0 Å². The number of para-hydroxylation sites is 2. The molecule has 4 rings (SSSR count). The number of amides is 1. The summed E-state index contributed by atoms with van der Waals surface area (Å²) in [7, 11) is 1.49.